The van der Waals surface area contributed by atoms with Gasteiger partial charge in [-0.3, -0.25) is 4.79 Å². The van der Waals surface area contributed by atoms with Gasteiger partial charge in [0, 0.05) is 23.3 Å². The van der Waals surface area contributed by atoms with Gasteiger partial charge in [-0.05, 0) is 44.2 Å². The predicted molar refractivity (Wildman–Crippen MR) is 76.3 cm³/mol. The molecule has 0 unspecified atom stereocenters. The highest BCUT2D eigenvalue weighted by Gasteiger charge is 2.20. The molecule has 4 heteroatoms. The molecule has 1 aliphatic carbocycles. The van der Waals surface area contributed by atoms with Crippen molar-refractivity contribution >= 4 is 33.2 Å². The van der Waals surface area contributed by atoms with Crippen molar-refractivity contribution in [2.24, 2.45) is 0 Å². The van der Waals surface area contributed by atoms with Crippen molar-refractivity contribution in [1.29, 1.82) is 0 Å². The summed E-state index contributed by atoms with van der Waals surface area (Å²) in [5.41, 5.74) is 1.42. The van der Waals surface area contributed by atoms with E-state index in [0.717, 1.165) is 36.1 Å². The van der Waals surface area contributed by atoms with E-state index in [2.05, 4.69) is 22.0 Å². The van der Waals surface area contributed by atoms with Crippen LogP contribution >= 0.6 is 27.3 Å². The van der Waals surface area contributed by atoms with Crippen LogP contribution in [-0.4, -0.2) is 29.2 Å². The molecule has 94 valence electrons. The first kappa shape index (κ1) is 13.1. The van der Waals surface area contributed by atoms with E-state index in [4.69, 9.17) is 0 Å². The molecule has 0 saturated heterocycles. The Hall–Kier alpha value is -0.350. The molecule has 17 heavy (non-hydrogen) atoms. The fourth-order valence-electron chi connectivity index (χ4n) is 2.26. The van der Waals surface area contributed by atoms with E-state index < -0.39 is 0 Å². The topological polar surface area (TPSA) is 20.3 Å². The number of nitrogens with zero attached hydrogens (tertiary/aromatic N) is 1. The lowest BCUT2D eigenvalue weighted by Crippen LogP contribution is -2.31. The average molecular weight is 316 g/mol. The van der Waals surface area contributed by atoms with Gasteiger partial charge in [-0.25, -0.2) is 0 Å². The Morgan fingerprint density at radius 2 is 2.24 bits per heavy atom. The second-order valence-electron chi connectivity index (χ2n) is 4.34. The number of thiophene rings is 1. The van der Waals surface area contributed by atoms with E-state index in [1.54, 1.807) is 11.3 Å². The van der Waals surface area contributed by atoms with Gasteiger partial charge in [0.05, 0.1) is 4.88 Å². The minimum atomic E-state index is 0.200. The first-order chi connectivity index (χ1) is 8.26. The SMILES string of the molecule is CCN(CCBr)C(=O)c1cc2c(s1)CCCC2. The van der Waals surface area contributed by atoms with Crippen LogP contribution in [0.25, 0.3) is 0 Å². The van der Waals surface area contributed by atoms with E-state index in [9.17, 15) is 4.79 Å². The van der Waals surface area contributed by atoms with Crippen molar-refractivity contribution in [3.8, 4) is 0 Å². The molecule has 1 aliphatic rings. The average Bonchev–Trinajstić information content (AvgIpc) is 2.78. The van der Waals surface area contributed by atoms with Crippen molar-refractivity contribution in [3.05, 3.63) is 21.4 Å². The quantitative estimate of drug-likeness (QED) is 0.779. The van der Waals surface area contributed by atoms with Crippen LogP contribution in [0, 0.1) is 0 Å². The van der Waals surface area contributed by atoms with Gasteiger partial charge in [0.1, 0.15) is 0 Å². The maximum Gasteiger partial charge on any atom is 0.263 e. The highest BCUT2D eigenvalue weighted by Crippen LogP contribution is 2.30. The molecule has 0 aliphatic heterocycles. The molecular weight excluding hydrogens is 298 g/mol. The zero-order valence-corrected chi connectivity index (χ0v) is 12.6. The summed E-state index contributed by atoms with van der Waals surface area (Å²) in [6.45, 7) is 3.61. The van der Waals surface area contributed by atoms with Crippen LogP contribution in [-0.2, 0) is 12.8 Å². The number of alkyl halides is 1. The standard InChI is InChI=1S/C13H18BrNOS/c1-2-15(8-7-14)13(16)12-9-10-5-3-4-6-11(10)17-12/h9H,2-8H2,1H3. The lowest BCUT2D eigenvalue weighted by molar-refractivity contribution is 0.0779. The number of carbonyl (C=O) groups excluding carboxylic acids is 1. The third-order valence-corrected chi connectivity index (χ3v) is 4.81. The second kappa shape index (κ2) is 6.01. The van der Waals surface area contributed by atoms with Crippen molar-refractivity contribution in [2.75, 3.05) is 18.4 Å². The molecule has 0 atom stereocenters. The Morgan fingerprint density at radius 3 is 2.88 bits per heavy atom. The molecular formula is C13H18BrNOS. The second-order valence-corrected chi connectivity index (χ2v) is 6.27. The number of aryl methyl sites for hydroxylation is 2. The molecule has 0 saturated carbocycles. The highest BCUT2D eigenvalue weighted by molar-refractivity contribution is 9.09. The minimum Gasteiger partial charge on any atom is -0.337 e. The Bertz CT molecular complexity index is 379. The Balaban J connectivity index is 2.15. The van der Waals surface area contributed by atoms with Crippen LogP contribution in [0.15, 0.2) is 6.07 Å². The molecule has 0 bridgehead atoms. The Morgan fingerprint density at radius 1 is 1.47 bits per heavy atom. The van der Waals surface area contributed by atoms with Crippen LogP contribution in [0.5, 0.6) is 0 Å². The molecule has 1 heterocycles. The van der Waals surface area contributed by atoms with E-state index >= 15 is 0 Å². The third-order valence-electron chi connectivity index (χ3n) is 3.23. The number of fused-ring (bicyclic) bond motifs is 1. The van der Waals surface area contributed by atoms with Gasteiger partial charge < -0.3 is 4.90 Å². The third kappa shape index (κ3) is 2.91. The number of halogens is 1. The fourth-order valence-corrected chi connectivity index (χ4v) is 3.91. The van der Waals surface area contributed by atoms with Crippen molar-refractivity contribution in [2.45, 2.75) is 32.6 Å². The fraction of sp³-hybridized carbons (Fsp3) is 0.615. The number of hydrogen-bond donors (Lipinski definition) is 0. The van der Waals surface area contributed by atoms with Crippen LogP contribution < -0.4 is 0 Å². The molecule has 0 fully saturated rings. The van der Waals surface area contributed by atoms with Crippen LogP contribution in [0.2, 0.25) is 0 Å². The zero-order chi connectivity index (χ0) is 12.3. The highest BCUT2D eigenvalue weighted by atomic mass is 79.9. The van der Waals surface area contributed by atoms with E-state index in [0.29, 0.717) is 0 Å². The van der Waals surface area contributed by atoms with E-state index in [1.165, 1.54) is 23.3 Å². The number of amides is 1. The van der Waals surface area contributed by atoms with Crippen LogP contribution in [0.4, 0.5) is 0 Å². The minimum absolute atomic E-state index is 0.200. The van der Waals surface area contributed by atoms with Gasteiger partial charge in [-0.2, -0.15) is 0 Å². The molecule has 1 aromatic heterocycles. The first-order valence-electron chi connectivity index (χ1n) is 6.23. The van der Waals surface area contributed by atoms with Crippen LogP contribution in [0.1, 0.15) is 39.9 Å². The Kier molecular flexibility index (Phi) is 4.62. The summed E-state index contributed by atoms with van der Waals surface area (Å²) in [7, 11) is 0. The molecule has 2 nitrogen and oxygen atoms in total. The van der Waals surface area contributed by atoms with E-state index in [1.807, 2.05) is 11.8 Å². The van der Waals surface area contributed by atoms with Crippen molar-refractivity contribution in [1.82, 2.24) is 4.90 Å². The largest absolute Gasteiger partial charge is 0.337 e. The van der Waals surface area contributed by atoms with Gasteiger partial charge in [0.15, 0.2) is 0 Å². The van der Waals surface area contributed by atoms with Gasteiger partial charge >= 0.3 is 0 Å². The lowest BCUT2D eigenvalue weighted by Gasteiger charge is -2.18. The maximum atomic E-state index is 12.3. The van der Waals surface area contributed by atoms with Gasteiger partial charge in [0.25, 0.3) is 5.91 Å². The van der Waals surface area contributed by atoms with Crippen molar-refractivity contribution < 1.29 is 4.79 Å². The Labute approximate surface area is 115 Å². The smallest absolute Gasteiger partial charge is 0.263 e. The molecule has 0 spiro atoms. The van der Waals surface area contributed by atoms with Crippen LogP contribution in [0.3, 0.4) is 0 Å². The summed E-state index contributed by atoms with van der Waals surface area (Å²) in [5, 5.41) is 0.845. The number of rotatable bonds is 4. The monoisotopic (exact) mass is 315 g/mol. The summed E-state index contributed by atoms with van der Waals surface area (Å²) >= 11 is 5.10. The van der Waals surface area contributed by atoms with E-state index in [-0.39, 0.29) is 5.91 Å². The summed E-state index contributed by atoms with van der Waals surface area (Å²) in [6, 6.07) is 2.12. The van der Waals surface area contributed by atoms with Gasteiger partial charge in [-0.15, -0.1) is 11.3 Å². The number of hydrogen-bond acceptors (Lipinski definition) is 2. The van der Waals surface area contributed by atoms with Gasteiger partial charge in [0.2, 0.25) is 0 Å². The molecule has 0 aromatic carbocycles. The van der Waals surface area contributed by atoms with Gasteiger partial charge in [-0.1, -0.05) is 15.9 Å². The summed E-state index contributed by atoms with van der Waals surface area (Å²) in [6.07, 6.45) is 4.87. The molecule has 2 rings (SSSR count). The number of carbonyl (C=O) groups is 1. The maximum absolute atomic E-state index is 12.3. The summed E-state index contributed by atoms with van der Waals surface area (Å²) < 4.78 is 0. The lowest BCUT2D eigenvalue weighted by atomic mass is 9.99. The molecule has 0 radical (unpaired) electrons. The summed E-state index contributed by atoms with van der Waals surface area (Å²) in [4.78, 5) is 16.6. The first-order valence-corrected chi connectivity index (χ1v) is 8.17. The molecule has 1 amide bonds. The zero-order valence-electron chi connectivity index (χ0n) is 10.2. The predicted octanol–water partition coefficient (Wildman–Crippen LogP) is 3.48. The normalized spacial score (nSPS) is 14.5. The van der Waals surface area contributed by atoms with Crippen molar-refractivity contribution in [3.63, 3.8) is 0 Å². The molecule has 1 aromatic rings. The molecule has 0 N–H and O–H groups in total. The summed E-state index contributed by atoms with van der Waals surface area (Å²) in [5.74, 6) is 0.200.